The van der Waals surface area contributed by atoms with E-state index in [1.54, 1.807) is 6.92 Å². The molecule has 0 amide bonds. The molecule has 2 atom stereocenters. The van der Waals surface area contributed by atoms with Crippen molar-refractivity contribution < 1.29 is 9.59 Å². The second-order valence-electron chi connectivity index (χ2n) is 6.37. The molecule has 0 bridgehead atoms. The van der Waals surface area contributed by atoms with Crippen molar-refractivity contribution in [2.75, 3.05) is 0 Å². The number of rotatable bonds is 8. The summed E-state index contributed by atoms with van der Waals surface area (Å²) in [7, 11) is 0. The smallest absolute Gasteiger partial charge is 0.137 e. The largest absolute Gasteiger partial charge is 0.300 e. The van der Waals surface area contributed by atoms with Gasteiger partial charge < -0.3 is 0 Å². The highest BCUT2D eigenvalue weighted by Gasteiger charge is 2.24. The topological polar surface area (TPSA) is 34.1 Å². The van der Waals surface area contributed by atoms with E-state index >= 15 is 0 Å². The number of halogens is 1. The molecule has 3 heteroatoms. The van der Waals surface area contributed by atoms with Gasteiger partial charge in [-0.2, -0.15) is 0 Å². The van der Waals surface area contributed by atoms with Gasteiger partial charge in [0.25, 0.3) is 0 Å². The molecule has 0 radical (unpaired) electrons. The van der Waals surface area contributed by atoms with E-state index in [0.717, 1.165) is 16.5 Å². The highest BCUT2D eigenvalue weighted by molar-refractivity contribution is 9.10. The lowest BCUT2D eigenvalue weighted by Crippen LogP contribution is -2.24. The fraction of sp³-hybridized carbons (Fsp3) is 0.556. The van der Waals surface area contributed by atoms with Crippen LogP contribution in [0.25, 0.3) is 0 Å². The molecule has 0 aliphatic carbocycles. The van der Waals surface area contributed by atoms with Gasteiger partial charge in [0.15, 0.2) is 0 Å². The average molecular weight is 353 g/mol. The molecule has 0 aliphatic heterocycles. The number of hydrogen-bond donors (Lipinski definition) is 0. The van der Waals surface area contributed by atoms with Crippen molar-refractivity contribution >= 4 is 27.5 Å². The lowest BCUT2D eigenvalue weighted by atomic mass is 9.81. The van der Waals surface area contributed by atoms with Crippen LogP contribution in [0, 0.1) is 17.8 Å². The number of benzene rings is 1. The Morgan fingerprint density at radius 1 is 1.10 bits per heavy atom. The first-order chi connectivity index (χ1) is 9.79. The highest BCUT2D eigenvalue weighted by atomic mass is 79.9. The third-order valence-electron chi connectivity index (χ3n) is 3.80. The van der Waals surface area contributed by atoms with Crippen molar-refractivity contribution in [3.63, 3.8) is 0 Å². The third-order valence-corrected chi connectivity index (χ3v) is 4.33. The van der Waals surface area contributed by atoms with Gasteiger partial charge in [0.1, 0.15) is 11.6 Å². The van der Waals surface area contributed by atoms with Crippen LogP contribution >= 0.6 is 15.9 Å². The third kappa shape index (κ3) is 6.56. The summed E-state index contributed by atoms with van der Waals surface area (Å²) in [4.78, 5) is 24.0. The van der Waals surface area contributed by atoms with Crippen LogP contribution in [-0.4, -0.2) is 11.6 Å². The maximum atomic E-state index is 12.2. The fourth-order valence-electron chi connectivity index (χ4n) is 2.71. The predicted octanol–water partition coefficient (Wildman–Crippen LogP) is 4.84. The Hall–Kier alpha value is -0.960. The van der Waals surface area contributed by atoms with Gasteiger partial charge in [-0.15, -0.1) is 0 Å². The normalized spacial score (nSPS) is 14.0. The average Bonchev–Trinajstić information content (AvgIpc) is 2.38. The summed E-state index contributed by atoms with van der Waals surface area (Å²) in [6.45, 7) is 7.90. The van der Waals surface area contributed by atoms with Crippen molar-refractivity contribution in [3.05, 3.63) is 34.3 Å². The molecule has 0 saturated heterocycles. The number of Topliss-reactive ketones (excluding diaryl/α,β-unsaturated/α-hetero) is 2. The zero-order chi connectivity index (χ0) is 16.0. The van der Waals surface area contributed by atoms with Crippen LogP contribution in [0.2, 0.25) is 0 Å². The molecule has 0 spiro atoms. The van der Waals surface area contributed by atoms with Gasteiger partial charge in [0, 0.05) is 23.2 Å². The second kappa shape index (κ2) is 8.47. The van der Waals surface area contributed by atoms with Gasteiger partial charge >= 0.3 is 0 Å². The van der Waals surface area contributed by atoms with E-state index in [9.17, 15) is 9.59 Å². The molecular weight excluding hydrogens is 328 g/mol. The van der Waals surface area contributed by atoms with E-state index in [1.165, 1.54) is 0 Å². The maximum Gasteiger partial charge on any atom is 0.137 e. The van der Waals surface area contributed by atoms with Crippen LogP contribution in [0.3, 0.4) is 0 Å². The molecule has 1 aromatic rings. The minimum atomic E-state index is -0.00105. The quantitative estimate of drug-likeness (QED) is 0.670. The zero-order valence-corrected chi connectivity index (χ0v) is 14.9. The number of carbonyl (C=O) groups is 2. The monoisotopic (exact) mass is 352 g/mol. The summed E-state index contributed by atoms with van der Waals surface area (Å²) >= 11 is 3.39. The van der Waals surface area contributed by atoms with Gasteiger partial charge in [-0.25, -0.2) is 0 Å². The molecule has 0 heterocycles. The molecule has 1 aromatic carbocycles. The standard InChI is InChI=1S/C18H25BrO2/c1-12(2)9-18(14(4)20)13(3)10-17(21)11-15-5-7-16(19)8-6-15/h5-8,12-13,18H,9-11H2,1-4H3/t13-,18-/m0/s1. The summed E-state index contributed by atoms with van der Waals surface area (Å²) < 4.78 is 1.01. The number of ketones is 2. The molecule has 0 aliphatic rings. The molecule has 0 N–H and O–H groups in total. The fourth-order valence-corrected chi connectivity index (χ4v) is 2.97. The van der Waals surface area contributed by atoms with Crippen LogP contribution in [-0.2, 0) is 16.0 Å². The lowest BCUT2D eigenvalue weighted by Gasteiger charge is -2.22. The zero-order valence-electron chi connectivity index (χ0n) is 13.4. The molecular formula is C18H25BrO2. The molecule has 0 saturated carbocycles. The van der Waals surface area contributed by atoms with Crippen LogP contribution in [0.15, 0.2) is 28.7 Å². The Kier molecular flexibility index (Phi) is 7.30. The molecule has 0 unspecified atom stereocenters. The van der Waals surface area contributed by atoms with Crippen molar-refractivity contribution in [2.45, 2.75) is 47.0 Å². The highest BCUT2D eigenvalue weighted by Crippen LogP contribution is 2.25. The van der Waals surface area contributed by atoms with Crippen molar-refractivity contribution in [1.29, 1.82) is 0 Å². The first-order valence-corrected chi connectivity index (χ1v) is 8.35. The molecule has 0 fully saturated rings. The molecule has 0 aromatic heterocycles. The predicted molar refractivity (Wildman–Crippen MR) is 90.3 cm³/mol. The molecule has 21 heavy (non-hydrogen) atoms. The van der Waals surface area contributed by atoms with Gasteiger partial charge in [0.05, 0.1) is 0 Å². The van der Waals surface area contributed by atoms with Crippen molar-refractivity contribution in [2.24, 2.45) is 17.8 Å². The number of carbonyl (C=O) groups excluding carboxylic acids is 2. The van der Waals surface area contributed by atoms with Crippen molar-refractivity contribution in [3.8, 4) is 0 Å². The van der Waals surface area contributed by atoms with Gasteiger partial charge in [-0.3, -0.25) is 9.59 Å². The van der Waals surface area contributed by atoms with E-state index in [2.05, 4.69) is 29.8 Å². The minimum absolute atomic E-state index is 0.00105. The van der Waals surface area contributed by atoms with E-state index in [1.807, 2.05) is 31.2 Å². The maximum absolute atomic E-state index is 12.2. The van der Waals surface area contributed by atoms with Crippen LogP contribution in [0.4, 0.5) is 0 Å². The Morgan fingerprint density at radius 3 is 2.14 bits per heavy atom. The Bertz CT molecular complexity index is 476. The minimum Gasteiger partial charge on any atom is -0.300 e. The molecule has 2 nitrogen and oxygen atoms in total. The van der Waals surface area contributed by atoms with Gasteiger partial charge in [-0.1, -0.05) is 48.8 Å². The van der Waals surface area contributed by atoms with E-state index < -0.39 is 0 Å². The van der Waals surface area contributed by atoms with Crippen LogP contribution < -0.4 is 0 Å². The van der Waals surface area contributed by atoms with E-state index in [4.69, 9.17) is 0 Å². The Morgan fingerprint density at radius 2 is 1.67 bits per heavy atom. The van der Waals surface area contributed by atoms with E-state index in [-0.39, 0.29) is 23.4 Å². The van der Waals surface area contributed by atoms with Gasteiger partial charge in [-0.05, 0) is 42.9 Å². The first-order valence-electron chi connectivity index (χ1n) is 7.56. The van der Waals surface area contributed by atoms with Crippen LogP contribution in [0.5, 0.6) is 0 Å². The summed E-state index contributed by atoms with van der Waals surface area (Å²) in [6, 6.07) is 7.82. The number of hydrogen-bond acceptors (Lipinski definition) is 2. The summed E-state index contributed by atoms with van der Waals surface area (Å²) in [5.74, 6) is 1.00. The molecule has 1 rings (SSSR count). The lowest BCUT2D eigenvalue weighted by molar-refractivity contribution is -0.124. The Labute approximate surface area is 136 Å². The van der Waals surface area contributed by atoms with Crippen molar-refractivity contribution in [1.82, 2.24) is 0 Å². The molecule has 116 valence electrons. The summed E-state index contributed by atoms with van der Waals surface area (Å²) in [5, 5.41) is 0. The Balaban J connectivity index is 2.59. The summed E-state index contributed by atoms with van der Waals surface area (Å²) in [6.07, 6.45) is 1.79. The summed E-state index contributed by atoms with van der Waals surface area (Å²) in [5.41, 5.74) is 1.03. The first kappa shape index (κ1) is 18.1. The van der Waals surface area contributed by atoms with Gasteiger partial charge in [0.2, 0.25) is 0 Å². The SMILES string of the molecule is CC(=O)[C@@H](CC(C)C)[C@@H](C)CC(=O)Cc1ccc(Br)cc1. The van der Waals surface area contributed by atoms with E-state index in [0.29, 0.717) is 18.8 Å². The van der Waals surface area contributed by atoms with Crippen LogP contribution in [0.1, 0.15) is 46.1 Å². The second-order valence-corrected chi connectivity index (χ2v) is 7.29.